The summed E-state index contributed by atoms with van der Waals surface area (Å²) in [5.41, 5.74) is 3.80. The minimum atomic E-state index is -0.279. The minimum Gasteiger partial charge on any atom is -0.344 e. The first kappa shape index (κ1) is 13.6. The fraction of sp³-hybridized carbons (Fsp3) is 0.529. The molecule has 2 atom stereocenters. The number of benzene rings is 1. The Labute approximate surface area is 120 Å². The molecule has 2 nitrogen and oxygen atoms in total. The molecule has 0 aliphatic carbocycles. The van der Waals surface area contributed by atoms with Crippen LogP contribution in [0.1, 0.15) is 18.9 Å². The molecule has 20 heavy (non-hydrogen) atoms. The van der Waals surface area contributed by atoms with Gasteiger partial charge in [-0.05, 0) is 31.6 Å². The number of likely N-dealkylation sites (N-methyl/N-ethyl adjacent to an activating group) is 1. The first-order valence-corrected chi connectivity index (χ1v) is 7.39. The minimum absolute atomic E-state index is 0.0362. The van der Waals surface area contributed by atoms with Crippen LogP contribution in [0.15, 0.2) is 36.5 Å². The van der Waals surface area contributed by atoms with Crippen molar-refractivity contribution in [2.45, 2.75) is 18.8 Å². The van der Waals surface area contributed by atoms with Crippen molar-refractivity contribution in [3.8, 4) is 0 Å². The third-order valence-electron chi connectivity index (χ3n) is 4.81. The Bertz CT molecular complexity index is 527. The monoisotopic (exact) mass is 274 g/mol. The Balaban J connectivity index is 2.02. The standard InChI is InChI=1S/C17H23FN2/c1-13(10-18)11-20-14(2)17(8-9-19(3)12-17)15-6-4-5-7-16(15)20/h4-7,13H,2,8-12H2,1,3H3. The summed E-state index contributed by atoms with van der Waals surface area (Å²) in [5, 5.41) is 0. The van der Waals surface area contributed by atoms with Gasteiger partial charge < -0.3 is 9.80 Å². The van der Waals surface area contributed by atoms with Crippen LogP contribution in [0.5, 0.6) is 0 Å². The van der Waals surface area contributed by atoms with Crippen LogP contribution >= 0.6 is 0 Å². The Hall–Kier alpha value is -1.35. The van der Waals surface area contributed by atoms with Crippen molar-refractivity contribution in [2.24, 2.45) is 5.92 Å². The topological polar surface area (TPSA) is 6.48 Å². The van der Waals surface area contributed by atoms with Crippen molar-refractivity contribution in [3.63, 3.8) is 0 Å². The fourth-order valence-electron chi connectivity index (χ4n) is 3.70. The van der Waals surface area contributed by atoms with E-state index >= 15 is 0 Å². The number of likely N-dealkylation sites (tertiary alicyclic amines) is 1. The molecule has 108 valence electrons. The average Bonchev–Trinajstić information content (AvgIpc) is 2.95. The molecule has 0 bridgehead atoms. The fourth-order valence-corrected chi connectivity index (χ4v) is 3.70. The summed E-state index contributed by atoms with van der Waals surface area (Å²) in [4.78, 5) is 4.61. The highest BCUT2D eigenvalue weighted by Gasteiger charge is 2.49. The Morgan fingerprint density at radius 1 is 1.40 bits per heavy atom. The van der Waals surface area contributed by atoms with Crippen LogP contribution in [0.3, 0.4) is 0 Å². The van der Waals surface area contributed by atoms with E-state index < -0.39 is 0 Å². The number of para-hydroxylation sites is 1. The predicted molar refractivity (Wildman–Crippen MR) is 81.9 cm³/mol. The summed E-state index contributed by atoms with van der Waals surface area (Å²) in [6, 6.07) is 8.55. The smallest absolute Gasteiger partial charge is 0.0936 e. The second-order valence-corrected chi connectivity index (χ2v) is 6.40. The molecule has 0 saturated carbocycles. The van der Waals surface area contributed by atoms with Gasteiger partial charge in [0.05, 0.1) is 12.1 Å². The van der Waals surface area contributed by atoms with Crippen molar-refractivity contribution in [1.29, 1.82) is 0 Å². The van der Waals surface area contributed by atoms with Gasteiger partial charge >= 0.3 is 0 Å². The van der Waals surface area contributed by atoms with Gasteiger partial charge in [-0.2, -0.15) is 0 Å². The van der Waals surface area contributed by atoms with E-state index in [4.69, 9.17) is 0 Å². The molecule has 3 rings (SSSR count). The molecule has 2 unspecified atom stereocenters. The van der Waals surface area contributed by atoms with Gasteiger partial charge in [0, 0.05) is 30.4 Å². The summed E-state index contributed by atoms with van der Waals surface area (Å²) >= 11 is 0. The molecule has 0 amide bonds. The summed E-state index contributed by atoms with van der Waals surface area (Å²) in [6.45, 7) is 8.90. The maximum absolute atomic E-state index is 12.9. The van der Waals surface area contributed by atoms with Crippen LogP contribution < -0.4 is 4.90 Å². The van der Waals surface area contributed by atoms with Crippen molar-refractivity contribution in [2.75, 3.05) is 38.3 Å². The molecule has 1 saturated heterocycles. The van der Waals surface area contributed by atoms with Gasteiger partial charge in [0.25, 0.3) is 0 Å². The normalized spacial score (nSPS) is 27.4. The van der Waals surface area contributed by atoms with Crippen molar-refractivity contribution in [1.82, 2.24) is 4.90 Å². The van der Waals surface area contributed by atoms with Gasteiger partial charge in [0.1, 0.15) is 0 Å². The number of fused-ring (bicyclic) bond motifs is 2. The first-order valence-electron chi connectivity index (χ1n) is 7.39. The molecule has 0 radical (unpaired) electrons. The van der Waals surface area contributed by atoms with E-state index in [0.717, 1.165) is 31.8 Å². The molecule has 2 aliphatic heterocycles. The maximum atomic E-state index is 12.9. The Kier molecular flexibility index (Phi) is 3.33. The third-order valence-corrected chi connectivity index (χ3v) is 4.81. The van der Waals surface area contributed by atoms with Crippen molar-refractivity contribution in [3.05, 3.63) is 42.1 Å². The molecule has 1 aromatic carbocycles. The van der Waals surface area contributed by atoms with Gasteiger partial charge in [0.15, 0.2) is 0 Å². The van der Waals surface area contributed by atoms with Gasteiger partial charge in [-0.1, -0.05) is 31.7 Å². The van der Waals surface area contributed by atoms with Crippen LogP contribution in [-0.2, 0) is 5.41 Å². The zero-order valence-electron chi connectivity index (χ0n) is 12.4. The van der Waals surface area contributed by atoms with E-state index in [9.17, 15) is 4.39 Å². The van der Waals surface area contributed by atoms with Gasteiger partial charge in [-0.3, -0.25) is 4.39 Å². The van der Waals surface area contributed by atoms with E-state index in [1.807, 2.05) is 6.92 Å². The number of anilines is 1. The second-order valence-electron chi connectivity index (χ2n) is 6.40. The zero-order chi connectivity index (χ0) is 14.3. The lowest BCUT2D eigenvalue weighted by molar-refractivity contribution is 0.377. The highest BCUT2D eigenvalue weighted by molar-refractivity contribution is 5.71. The molecule has 2 aliphatic rings. The number of alkyl halides is 1. The van der Waals surface area contributed by atoms with E-state index in [-0.39, 0.29) is 18.0 Å². The SMILES string of the molecule is C=C1N(CC(C)CF)c2ccccc2C12CCN(C)C2. The van der Waals surface area contributed by atoms with E-state index in [1.165, 1.54) is 11.3 Å². The van der Waals surface area contributed by atoms with Crippen LogP contribution in [0.4, 0.5) is 10.1 Å². The molecule has 1 fully saturated rings. The van der Waals surface area contributed by atoms with E-state index in [2.05, 4.69) is 47.7 Å². The average molecular weight is 274 g/mol. The lowest BCUT2D eigenvalue weighted by Gasteiger charge is -2.30. The first-order chi connectivity index (χ1) is 9.58. The number of hydrogen-bond acceptors (Lipinski definition) is 2. The number of nitrogens with zero attached hydrogens (tertiary/aromatic N) is 2. The molecule has 2 heterocycles. The van der Waals surface area contributed by atoms with Gasteiger partial charge in [0.2, 0.25) is 0 Å². The zero-order valence-corrected chi connectivity index (χ0v) is 12.4. The second kappa shape index (κ2) is 4.88. The van der Waals surface area contributed by atoms with Gasteiger partial charge in [-0.15, -0.1) is 0 Å². The van der Waals surface area contributed by atoms with Crippen molar-refractivity contribution >= 4 is 5.69 Å². The number of halogens is 1. The molecule has 1 aromatic rings. The Morgan fingerprint density at radius 2 is 2.15 bits per heavy atom. The molecule has 3 heteroatoms. The predicted octanol–water partition coefficient (Wildman–Crippen LogP) is 3.20. The van der Waals surface area contributed by atoms with Crippen molar-refractivity contribution < 1.29 is 4.39 Å². The third kappa shape index (κ3) is 1.87. The highest BCUT2D eigenvalue weighted by Crippen LogP contribution is 2.51. The number of rotatable bonds is 3. The largest absolute Gasteiger partial charge is 0.344 e. The van der Waals surface area contributed by atoms with Crippen LogP contribution in [0, 0.1) is 5.92 Å². The lowest BCUT2D eigenvalue weighted by Crippen LogP contribution is -2.35. The molecule has 1 spiro atoms. The molecular weight excluding hydrogens is 251 g/mol. The summed E-state index contributed by atoms with van der Waals surface area (Å²) in [5.74, 6) is 0.0362. The van der Waals surface area contributed by atoms with Crippen LogP contribution in [0.25, 0.3) is 0 Å². The molecule has 0 aromatic heterocycles. The maximum Gasteiger partial charge on any atom is 0.0936 e. The quantitative estimate of drug-likeness (QED) is 0.835. The van der Waals surface area contributed by atoms with Crippen LogP contribution in [-0.4, -0.2) is 38.3 Å². The highest BCUT2D eigenvalue weighted by atomic mass is 19.1. The number of hydrogen-bond donors (Lipinski definition) is 0. The Morgan fingerprint density at radius 3 is 2.80 bits per heavy atom. The lowest BCUT2D eigenvalue weighted by atomic mass is 9.79. The molecular formula is C17H23FN2. The summed E-state index contributed by atoms with van der Waals surface area (Å²) in [7, 11) is 2.16. The van der Waals surface area contributed by atoms with E-state index in [1.54, 1.807) is 0 Å². The van der Waals surface area contributed by atoms with Gasteiger partial charge in [-0.25, -0.2) is 0 Å². The van der Waals surface area contributed by atoms with Crippen LogP contribution in [0.2, 0.25) is 0 Å². The van der Waals surface area contributed by atoms with E-state index in [0.29, 0.717) is 0 Å². The molecule has 0 N–H and O–H groups in total. The summed E-state index contributed by atoms with van der Waals surface area (Å²) < 4.78 is 12.9. The summed E-state index contributed by atoms with van der Waals surface area (Å²) in [6.07, 6.45) is 1.11.